The minimum absolute atomic E-state index is 0.236. The van der Waals surface area contributed by atoms with Crippen LogP contribution in [-0.2, 0) is 4.79 Å². The van der Waals surface area contributed by atoms with Gasteiger partial charge in [-0.15, -0.1) is 0 Å². The van der Waals surface area contributed by atoms with Crippen molar-refractivity contribution in [2.24, 2.45) is 16.7 Å². The Kier molecular flexibility index (Phi) is 4.28. The van der Waals surface area contributed by atoms with Crippen LogP contribution in [0, 0.1) is 16.7 Å². The van der Waals surface area contributed by atoms with Gasteiger partial charge in [-0.3, -0.25) is 9.69 Å². The SMILES string of the molecule is CCN1CCN(CC(=O)N[C@@H]2C[C@H]3CC[C@]2(C)C3(C)C)CC1. The van der Waals surface area contributed by atoms with Crippen LogP contribution in [0.4, 0.5) is 0 Å². The van der Waals surface area contributed by atoms with E-state index in [1.807, 2.05) is 0 Å². The predicted molar refractivity (Wildman–Crippen MR) is 89.7 cm³/mol. The first-order chi connectivity index (χ1) is 10.4. The molecule has 22 heavy (non-hydrogen) atoms. The molecule has 0 aromatic carbocycles. The van der Waals surface area contributed by atoms with Crippen LogP contribution >= 0.6 is 0 Å². The summed E-state index contributed by atoms with van der Waals surface area (Å²) in [4.78, 5) is 17.2. The van der Waals surface area contributed by atoms with Crippen LogP contribution in [0.1, 0.15) is 47.0 Å². The fraction of sp³-hybridized carbons (Fsp3) is 0.944. The maximum absolute atomic E-state index is 12.5. The number of nitrogens with one attached hydrogen (secondary N) is 1. The van der Waals surface area contributed by atoms with Crippen molar-refractivity contribution in [1.29, 1.82) is 0 Å². The Balaban J connectivity index is 1.51. The van der Waals surface area contributed by atoms with Crippen LogP contribution in [0.3, 0.4) is 0 Å². The third kappa shape index (κ3) is 2.58. The zero-order valence-corrected chi connectivity index (χ0v) is 14.8. The topological polar surface area (TPSA) is 35.6 Å². The molecule has 0 aromatic heterocycles. The molecule has 0 aromatic rings. The summed E-state index contributed by atoms with van der Waals surface area (Å²) < 4.78 is 0. The van der Waals surface area contributed by atoms with Gasteiger partial charge in [0.15, 0.2) is 0 Å². The Bertz CT molecular complexity index is 428. The molecule has 3 aliphatic rings. The Morgan fingerprint density at radius 1 is 1.14 bits per heavy atom. The van der Waals surface area contributed by atoms with E-state index in [9.17, 15) is 4.79 Å². The summed E-state index contributed by atoms with van der Waals surface area (Å²) >= 11 is 0. The van der Waals surface area contributed by atoms with E-state index in [-0.39, 0.29) is 11.3 Å². The number of carbonyl (C=O) groups is 1. The molecule has 0 unspecified atom stereocenters. The van der Waals surface area contributed by atoms with Crippen LogP contribution < -0.4 is 5.32 Å². The number of fused-ring (bicyclic) bond motifs is 2. The minimum Gasteiger partial charge on any atom is -0.352 e. The van der Waals surface area contributed by atoms with Crippen molar-refractivity contribution in [1.82, 2.24) is 15.1 Å². The summed E-state index contributed by atoms with van der Waals surface area (Å²) in [6, 6.07) is 0.380. The van der Waals surface area contributed by atoms with Crippen LogP contribution in [0.2, 0.25) is 0 Å². The van der Waals surface area contributed by atoms with E-state index in [2.05, 4.69) is 42.8 Å². The van der Waals surface area contributed by atoms with Crippen molar-refractivity contribution in [3.63, 3.8) is 0 Å². The lowest BCUT2D eigenvalue weighted by Crippen LogP contribution is -2.52. The van der Waals surface area contributed by atoms with Gasteiger partial charge in [-0.2, -0.15) is 0 Å². The molecule has 2 saturated carbocycles. The van der Waals surface area contributed by atoms with Gasteiger partial charge in [0.25, 0.3) is 0 Å². The quantitative estimate of drug-likeness (QED) is 0.862. The van der Waals surface area contributed by atoms with Gasteiger partial charge in [-0.1, -0.05) is 27.7 Å². The van der Waals surface area contributed by atoms with Gasteiger partial charge in [-0.25, -0.2) is 0 Å². The average Bonchev–Trinajstić information content (AvgIpc) is 2.81. The van der Waals surface area contributed by atoms with Crippen molar-refractivity contribution in [3.8, 4) is 0 Å². The highest BCUT2D eigenvalue weighted by molar-refractivity contribution is 5.78. The van der Waals surface area contributed by atoms with E-state index in [0.29, 0.717) is 18.0 Å². The molecule has 1 amide bonds. The van der Waals surface area contributed by atoms with Crippen molar-refractivity contribution in [2.75, 3.05) is 39.3 Å². The van der Waals surface area contributed by atoms with Gasteiger partial charge in [0.2, 0.25) is 5.91 Å². The zero-order chi connectivity index (χ0) is 16.0. The molecule has 4 nitrogen and oxygen atoms in total. The molecule has 1 aliphatic heterocycles. The zero-order valence-electron chi connectivity index (χ0n) is 14.8. The maximum atomic E-state index is 12.5. The number of amides is 1. The molecule has 2 aliphatic carbocycles. The van der Waals surface area contributed by atoms with Crippen molar-refractivity contribution >= 4 is 5.91 Å². The van der Waals surface area contributed by atoms with Gasteiger partial charge in [-0.05, 0) is 42.6 Å². The monoisotopic (exact) mass is 307 g/mol. The summed E-state index contributed by atoms with van der Waals surface area (Å²) in [6.07, 6.45) is 3.79. The number of rotatable bonds is 4. The number of hydrogen-bond donors (Lipinski definition) is 1. The third-order valence-corrected chi connectivity index (χ3v) is 7.41. The van der Waals surface area contributed by atoms with Crippen LogP contribution in [-0.4, -0.2) is 61.0 Å². The van der Waals surface area contributed by atoms with Gasteiger partial charge < -0.3 is 10.2 Å². The largest absolute Gasteiger partial charge is 0.352 e. The fourth-order valence-corrected chi connectivity index (χ4v) is 5.13. The number of piperazine rings is 1. The Morgan fingerprint density at radius 2 is 1.77 bits per heavy atom. The Labute approximate surface area is 135 Å². The molecule has 126 valence electrons. The molecular weight excluding hydrogens is 274 g/mol. The van der Waals surface area contributed by atoms with E-state index in [1.54, 1.807) is 0 Å². The van der Waals surface area contributed by atoms with Crippen molar-refractivity contribution in [2.45, 2.75) is 53.0 Å². The van der Waals surface area contributed by atoms with Gasteiger partial charge in [0.05, 0.1) is 6.54 Å². The second kappa shape index (κ2) is 5.79. The average molecular weight is 307 g/mol. The molecule has 4 heteroatoms. The first-order valence-electron chi connectivity index (χ1n) is 9.11. The lowest BCUT2D eigenvalue weighted by atomic mass is 9.69. The Morgan fingerprint density at radius 3 is 2.27 bits per heavy atom. The highest BCUT2D eigenvalue weighted by atomic mass is 16.2. The van der Waals surface area contributed by atoms with E-state index < -0.39 is 0 Å². The van der Waals surface area contributed by atoms with Crippen LogP contribution in [0.25, 0.3) is 0 Å². The normalized spacial score (nSPS) is 38.4. The number of carbonyl (C=O) groups excluding carboxylic acids is 1. The fourth-order valence-electron chi connectivity index (χ4n) is 5.13. The van der Waals surface area contributed by atoms with Gasteiger partial charge in [0.1, 0.15) is 0 Å². The molecule has 0 spiro atoms. The lowest BCUT2D eigenvalue weighted by molar-refractivity contribution is -0.124. The maximum Gasteiger partial charge on any atom is 0.234 e. The van der Waals surface area contributed by atoms with E-state index in [1.165, 1.54) is 19.3 Å². The lowest BCUT2D eigenvalue weighted by Gasteiger charge is -2.40. The predicted octanol–water partition coefficient (Wildman–Crippen LogP) is 1.95. The van der Waals surface area contributed by atoms with Crippen LogP contribution in [0.15, 0.2) is 0 Å². The molecule has 3 atom stereocenters. The molecule has 1 heterocycles. The number of nitrogens with zero attached hydrogens (tertiary/aromatic N) is 2. The second-order valence-electron chi connectivity index (χ2n) is 8.44. The van der Waals surface area contributed by atoms with Gasteiger partial charge >= 0.3 is 0 Å². The van der Waals surface area contributed by atoms with Gasteiger partial charge in [0, 0.05) is 32.2 Å². The molecule has 2 bridgehead atoms. The first kappa shape index (κ1) is 16.3. The first-order valence-corrected chi connectivity index (χ1v) is 9.11. The summed E-state index contributed by atoms with van der Waals surface area (Å²) in [5.74, 6) is 1.02. The minimum atomic E-state index is 0.236. The standard InChI is InChI=1S/C18H33N3O/c1-5-20-8-10-21(11-9-20)13-16(22)19-15-12-14-6-7-18(15,4)17(14,2)3/h14-15H,5-13H2,1-4H3,(H,19,22)/t14-,15-,18+/m1/s1. The summed E-state index contributed by atoms with van der Waals surface area (Å²) in [5, 5.41) is 3.38. The molecule has 0 radical (unpaired) electrons. The van der Waals surface area contributed by atoms with E-state index in [4.69, 9.17) is 0 Å². The summed E-state index contributed by atoms with van der Waals surface area (Å²) in [5.41, 5.74) is 0.659. The smallest absolute Gasteiger partial charge is 0.234 e. The van der Waals surface area contributed by atoms with E-state index >= 15 is 0 Å². The number of likely N-dealkylation sites (N-methyl/N-ethyl adjacent to an activating group) is 1. The summed E-state index contributed by atoms with van der Waals surface area (Å²) in [6.45, 7) is 15.4. The third-order valence-electron chi connectivity index (χ3n) is 7.41. The van der Waals surface area contributed by atoms with Crippen molar-refractivity contribution in [3.05, 3.63) is 0 Å². The molecule has 1 N–H and O–H groups in total. The van der Waals surface area contributed by atoms with E-state index in [0.717, 1.165) is 38.6 Å². The highest BCUT2D eigenvalue weighted by Crippen LogP contribution is 2.65. The molecule has 1 saturated heterocycles. The highest BCUT2D eigenvalue weighted by Gasteiger charge is 2.61. The number of hydrogen-bond acceptors (Lipinski definition) is 3. The van der Waals surface area contributed by atoms with Crippen LogP contribution in [0.5, 0.6) is 0 Å². The summed E-state index contributed by atoms with van der Waals surface area (Å²) in [7, 11) is 0. The Hall–Kier alpha value is -0.610. The molecule has 3 fully saturated rings. The second-order valence-corrected chi connectivity index (χ2v) is 8.44. The molecular formula is C18H33N3O. The van der Waals surface area contributed by atoms with Crippen molar-refractivity contribution < 1.29 is 4.79 Å². The molecule has 3 rings (SSSR count).